The lowest BCUT2D eigenvalue weighted by molar-refractivity contribution is -0.220. The van der Waals surface area contributed by atoms with Crippen molar-refractivity contribution in [3.8, 4) is 11.8 Å². The molecule has 5 aliphatic carbocycles. The van der Waals surface area contributed by atoms with Crippen LogP contribution in [0.3, 0.4) is 0 Å². The maximum absolute atomic E-state index is 17.5. The molecule has 4 amide bonds. The highest BCUT2D eigenvalue weighted by atomic mass is 19.1. The van der Waals surface area contributed by atoms with E-state index in [4.69, 9.17) is 15.2 Å². The molecule has 16 heteroatoms. The number of nitrogens with two attached hydrogens (primary N) is 1. The number of esters is 1. The first-order valence-corrected chi connectivity index (χ1v) is 23.1. The number of hydrogen-bond donors (Lipinski definition) is 6. The molecular weight excluding hydrogens is 828 g/mol. The largest absolute Gasteiger partial charge is 0.458 e. The van der Waals surface area contributed by atoms with Crippen LogP contribution in [0, 0.1) is 52.3 Å². The van der Waals surface area contributed by atoms with Crippen LogP contribution in [0.4, 0.5) is 9.18 Å². The Hall–Kier alpha value is -4.46. The van der Waals surface area contributed by atoms with Gasteiger partial charge in [-0.15, -0.1) is 5.92 Å². The van der Waals surface area contributed by atoms with Crippen LogP contribution in [0.2, 0.25) is 0 Å². The van der Waals surface area contributed by atoms with Gasteiger partial charge in [-0.3, -0.25) is 28.8 Å². The van der Waals surface area contributed by atoms with Gasteiger partial charge < -0.3 is 41.4 Å². The third kappa shape index (κ3) is 10.6. The van der Waals surface area contributed by atoms with E-state index in [1.165, 1.54) is 12.2 Å². The molecule has 0 bridgehead atoms. The van der Waals surface area contributed by atoms with Gasteiger partial charge in [0.05, 0.1) is 6.10 Å². The monoisotopic (exact) mass is 896 g/mol. The Kier molecular flexibility index (Phi) is 16.8. The summed E-state index contributed by atoms with van der Waals surface area (Å²) in [6.07, 6.45) is 8.17. The Morgan fingerprint density at radius 2 is 1.73 bits per heavy atom. The summed E-state index contributed by atoms with van der Waals surface area (Å²) >= 11 is 0. The number of carbonyl (C=O) groups excluding carboxylic acids is 7. The number of ether oxygens (including phenoxy) is 2. The Labute approximate surface area is 376 Å². The van der Waals surface area contributed by atoms with Crippen molar-refractivity contribution in [1.29, 1.82) is 0 Å². The molecule has 5 rings (SSSR count). The molecule has 0 spiro atoms. The van der Waals surface area contributed by atoms with E-state index in [1.54, 1.807) is 26.8 Å². The van der Waals surface area contributed by atoms with Gasteiger partial charge in [-0.05, 0) is 101 Å². The summed E-state index contributed by atoms with van der Waals surface area (Å²) in [6, 6.07) is -1.78. The number of nitrogens with one attached hydrogen (secondary N) is 3. The molecule has 0 saturated heterocycles. The van der Waals surface area contributed by atoms with Crippen LogP contribution < -0.4 is 21.7 Å². The second-order valence-corrected chi connectivity index (χ2v) is 19.5. The molecule has 3 saturated carbocycles. The first-order chi connectivity index (χ1) is 30.2. The first-order valence-electron chi connectivity index (χ1n) is 23.1. The number of rotatable bonds is 20. The van der Waals surface area contributed by atoms with Gasteiger partial charge in [0, 0.05) is 55.0 Å². The van der Waals surface area contributed by atoms with Gasteiger partial charge >= 0.3 is 12.0 Å². The number of allylic oxidation sites excluding steroid dienone is 4. The fraction of sp³-hybridized carbons (Fsp3) is 0.729. The SMILES string of the molecule is CC(C)[C@H](CC(=O)COC1C#CCCCCC1)C(=O)N[C@@H](CCCNC(N)=O)C(=O)NCCCC(=O)OCC(=O)[C@@]1(O)[C@H](C)C[C@H]2[C@@H]3CCC4=CC(=O)C=C[C@]4(C)[C@@]3(F)[C@@H](O)C[C@@]21C. The molecule has 1 unspecified atom stereocenters. The van der Waals surface area contributed by atoms with Crippen molar-refractivity contribution >= 4 is 41.2 Å². The quantitative estimate of drug-likeness (QED) is 0.0583. The molecule has 0 aromatic heterocycles. The van der Waals surface area contributed by atoms with Gasteiger partial charge in [0.25, 0.3) is 0 Å². The van der Waals surface area contributed by atoms with Gasteiger partial charge in [-0.25, -0.2) is 9.18 Å². The van der Waals surface area contributed by atoms with Gasteiger partial charge in [0.1, 0.15) is 24.4 Å². The van der Waals surface area contributed by atoms with Crippen molar-refractivity contribution in [1.82, 2.24) is 16.0 Å². The molecule has 64 heavy (non-hydrogen) atoms. The van der Waals surface area contributed by atoms with E-state index in [0.29, 0.717) is 31.3 Å². The second-order valence-electron chi connectivity index (χ2n) is 19.5. The van der Waals surface area contributed by atoms with Crippen LogP contribution in [-0.2, 0) is 38.2 Å². The average Bonchev–Trinajstić information content (AvgIpc) is 3.42. The zero-order valence-electron chi connectivity index (χ0n) is 38.1. The number of Topliss-reactive ketones (excluding diaryl/α,β-unsaturated/α-hetero) is 2. The van der Waals surface area contributed by atoms with E-state index >= 15 is 4.39 Å². The maximum atomic E-state index is 17.5. The second kappa shape index (κ2) is 21.2. The minimum atomic E-state index is -2.13. The lowest BCUT2D eigenvalue weighted by Gasteiger charge is -2.62. The van der Waals surface area contributed by atoms with Crippen molar-refractivity contribution in [2.75, 3.05) is 26.3 Å². The molecule has 0 heterocycles. The number of urea groups is 1. The van der Waals surface area contributed by atoms with E-state index in [-0.39, 0.29) is 75.4 Å². The van der Waals surface area contributed by atoms with Crippen LogP contribution in [0.1, 0.15) is 125 Å². The van der Waals surface area contributed by atoms with E-state index < -0.39 is 94.1 Å². The minimum Gasteiger partial charge on any atom is -0.458 e. The number of aliphatic hydroxyl groups excluding tert-OH is 1. The number of amides is 4. The number of hydrogen-bond acceptors (Lipinski definition) is 11. The number of aliphatic hydroxyl groups is 2. The van der Waals surface area contributed by atoms with Crippen molar-refractivity contribution in [2.24, 2.45) is 46.2 Å². The Bertz CT molecular complexity index is 1930. The summed E-state index contributed by atoms with van der Waals surface area (Å²) in [4.78, 5) is 90.1. The maximum Gasteiger partial charge on any atom is 0.312 e. The summed E-state index contributed by atoms with van der Waals surface area (Å²) in [5.41, 5.74) is -0.780. The van der Waals surface area contributed by atoms with Crippen molar-refractivity contribution < 1.29 is 57.6 Å². The van der Waals surface area contributed by atoms with Gasteiger partial charge in [-0.1, -0.05) is 51.7 Å². The average molecular weight is 897 g/mol. The van der Waals surface area contributed by atoms with E-state index in [0.717, 1.165) is 32.1 Å². The molecule has 354 valence electrons. The predicted octanol–water partition coefficient (Wildman–Crippen LogP) is 3.86. The molecule has 15 nitrogen and oxygen atoms in total. The lowest BCUT2D eigenvalue weighted by atomic mass is 9.44. The van der Waals surface area contributed by atoms with E-state index in [2.05, 4.69) is 27.8 Å². The number of halogens is 1. The summed E-state index contributed by atoms with van der Waals surface area (Å²) in [6.45, 7) is 7.98. The molecule has 11 atom stereocenters. The number of fused-ring (bicyclic) bond motifs is 5. The Morgan fingerprint density at radius 3 is 2.45 bits per heavy atom. The molecule has 3 fully saturated rings. The number of ketones is 3. The number of primary amides is 1. The third-order valence-corrected chi connectivity index (χ3v) is 15.0. The highest BCUT2D eigenvalue weighted by molar-refractivity contribution is 6.01. The zero-order chi connectivity index (χ0) is 47.0. The van der Waals surface area contributed by atoms with E-state index in [1.807, 2.05) is 13.8 Å². The molecule has 0 aliphatic heterocycles. The van der Waals surface area contributed by atoms with Gasteiger partial charge in [0.2, 0.25) is 17.6 Å². The van der Waals surface area contributed by atoms with Gasteiger partial charge in [0.15, 0.2) is 23.8 Å². The molecule has 0 radical (unpaired) electrons. The standard InChI is InChI=1S/C48H69FN4O11/c1-29(2)35(25-33(55)27-63-34-13-9-7-6-8-10-14-34)42(59)53-38(15-11-22-52-44(50)61)43(60)51-21-12-16-41(58)64-28-40(57)48(62)30(3)23-37-36-18-17-31-24-32(54)19-20-45(31,4)47(36,49)39(56)26-46(37,48)5/h19-20,24,29-30,34-39,56,62H,6-9,11-13,15-18,21-23,25-28H2,1-5H3,(H,51,60)(H,53,59)(H3,50,52,61)/t30-,34?,35+,36+,37+,38+,39+,45+,46+,47+,48+/m1/s1. The third-order valence-electron chi connectivity index (χ3n) is 15.0. The topological polar surface area (TPSA) is 241 Å². The zero-order valence-corrected chi connectivity index (χ0v) is 38.1. The number of alkyl halides is 1. The predicted molar refractivity (Wildman–Crippen MR) is 233 cm³/mol. The van der Waals surface area contributed by atoms with Crippen molar-refractivity contribution in [3.05, 3.63) is 23.8 Å². The number of carbonyl (C=O) groups is 7. The van der Waals surface area contributed by atoms with Gasteiger partial charge in [-0.2, -0.15) is 0 Å². The Balaban J connectivity index is 1.12. The summed E-state index contributed by atoms with van der Waals surface area (Å²) < 4.78 is 28.6. The summed E-state index contributed by atoms with van der Waals surface area (Å²) in [7, 11) is 0. The lowest BCUT2D eigenvalue weighted by Crippen LogP contribution is -2.69. The minimum absolute atomic E-state index is 0.00539. The summed E-state index contributed by atoms with van der Waals surface area (Å²) in [5.74, 6) is 0.331. The fourth-order valence-corrected chi connectivity index (χ4v) is 11.3. The fourth-order valence-electron chi connectivity index (χ4n) is 11.3. The highest BCUT2D eigenvalue weighted by Gasteiger charge is 2.75. The molecule has 0 aromatic rings. The molecular formula is C48H69FN4O11. The Morgan fingerprint density at radius 1 is 1.00 bits per heavy atom. The molecule has 7 N–H and O–H groups in total. The van der Waals surface area contributed by atoms with Crippen molar-refractivity contribution in [3.63, 3.8) is 0 Å². The van der Waals surface area contributed by atoms with Crippen molar-refractivity contribution in [2.45, 2.75) is 154 Å². The van der Waals surface area contributed by atoms with Crippen LogP contribution in [0.15, 0.2) is 23.8 Å². The summed E-state index contributed by atoms with van der Waals surface area (Å²) in [5, 5.41) is 31.8. The van der Waals surface area contributed by atoms with E-state index in [9.17, 15) is 43.8 Å². The highest BCUT2D eigenvalue weighted by Crippen LogP contribution is 2.70. The molecule has 5 aliphatic rings. The molecule has 0 aromatic carbocycles. The normalized spacial score (nSPS) is 32.7. The van der Waals surface area contributed by atoms with Crippen LogP contribution in [-0.4, -0.2) is 107 Å². The smallest absolute Gasteiger partial charge is 0.312 e. The van der Waals surface area contributed by atoms with Crippen LogP contribution in [0.25, 0.3) is 0 Å². The first kappa shape index (κ1) is 50.5. The van der Waals surface area contributed by atoms with Crippen LogP contribution in [0.5, 0.6) is 0 Å². The van der Waals surface area contributed by atoms with Crippen LogP contribution >= 0.6 is 0 Å².